The monoisotopic (exact) mass is 334 g/mol. The van der Waals surface area contributed by atoms with Crippen LogP contribution in [0.5, 0.6) is 0 Å². The van der Waals surface area contributed by atoms with Gasteiger partial charge in [-0.1, -0.05) is 62.1 Å². The molecule has 0 fully saturated rings. The average Bonchev–Trinajstić information content (AvgIpc) is 2.51. The van der Waals surface area contributed by atoms with Crippen molar-refractivity contribution in [1.82, 2.24) is 0 Å². The van der Waals surface area contributed by atoms with E-state index < -0.39 is 8.07 Å². The standard InChI is InChI=1S/C19H30O3Si/c1-23(2,3)16-8-7-14-22-19(11-13-20)12-15-21-17-18-9-5-4-6-10-18/h4-10,13,19H,11-12,14-17H2,1-3H3/b8-7-. The minimum atomic E-state index is -1.03. The number of carbonyl (C=O) groups is 1. The normalized spacial score (nSPS) is 13.3. The summed E-state index contributed by atoms with van der Waals surface area (Å²) in [5.74, 6) is 0. The van der Waals surface area contributed by atoms with E-state index in [1.54, 1.807) is 0 Å². The number of carbonyl (C=O) groups excluding carboxylic acids is 1. The van der Waals surface area contributed by atoms with E-state index in [1.165, 1.54) is 0 Å². The highest BCUT2D eigenvalue weighted by Crippen LogP contribution is 2.09. The molecule has 0 aromatic heterocycles. The predicted molar refractivity (Wildman–Crippen MR) is 98.4 cm³/mol. The van der Waals surface area contributed by atoms with Gasteiger partial charge in [-0.05, 0) is 18.0 Å². The Morgan fingerprint density at radius 1 is 1.13 bits per heavy atom. The predicted octanol–water partition coefficient (Wildman–Crippen LogP) is 4.46. The first kappa shape index (κ1) is 19.8. The van der Waals surface area contributed by atoms with Gasteiger partial charge in [0.1, 0.15) is 6.29 Å². The third-order valence-corrected chi connectivity index (χ3v) is 4.84. The van der Waals surface area contributed by atoms with Crippen molar-refractivity contribution in [3.63, 3.8) is 0 Å². The maximum Gasteiger partial charge on any atom is 0.122 e. The Hall–Kier alpha value is -1.23. The van der Waals surface area contributed by atoms with Crippen LogP contribution in [0.4, 0.5) is 0 Å². The Morgan fingerprint density at radius 2 is 1.87 bits per heavy atom. The summed E-state index contributed by atoms with van der Waals surface area (Å²) < 4.78 is 11.4. The third kappa shape index (κ3) is 11.0. The van der Waals surface area contributed by atoms with E-state index in [1.807, 2.05) is 30.3 Å². The van der Waals surface area contributed by atoms with Crippen LogP contribution in [0.1, 0.15) is 18.4 Å². The molecule has 0 radical (unpaired) electrons. The summed E-state index contributed by atoms with van der Waals surface area (Å²) >= 11 is 0. The van der Waals surface area contributed by atoms with Crippen molar-refractivity contribution in [3.05, 3.63) is 48.0 Å². The first-order valence-corrected chi connectivity index (χ1v) is 12.0. The van der Waals surface area contributed by atoms with Gasteiger partial charge in [0.05, 0.1) is 19.3 Å². The second kappa shape index (κ2) is 11.3. The average molecular weight is 335 g/mol. The molecule has 0 spiro atoms. The molecule has 3 nitrogen and oxygen atoms in total. The van der Waals surface area contributed by atoms with Crippen LogP contribution in [0.15, 0.2) is 42.5 Å². The zero-order valence-corrected chi connectivity index (χ0v) is 15.7. The van der Waals surface area contributed by atoms with Gasteiger partial charge in [0.15, 0.2) is 0 Å². The maximum absolute atomic E-state index is 10.8. The Morgan fingerprint density at radius 3 is 2.52 bits per heavy atom. The van der Waals surface area contributed by atoms with Crippen LogP contribution in [-0.2, 0) is 20.9 Å². The lowest BCUT2D eigenvalue weighted by Crippen LogP contribution is -2.18. The van der Waals surface area contributed by atoms with Gasteiger partial charge >= 0.3 is 0 Å². The molecule has 128 valence electrons. The van der Waals surface area contributed by atoms with Gasteiger partial charge in [-0.2, -0.15) is 0 Å². The van der Waals surface area contributed by atoms with Crippen molar-refractivity contribution in [3.8, 4) is 0 Å². The fraction of sp³-hybridized carbons (Fsp3) is 0.526. The van der Waals surface area contributed by atoms with Gasteiger partial charge in [0.25, 0.3) is 0 Å². The molecular weight excluding hydrogens is 304 g/mol. The maximum atomic E-state index is 10.8. The first-order chi connectivity index (χ1) is 11.0. The third-order valence-electron chi connectivity index (χ3n) is 3.38. The fourth-order valence-electron chi connectivity index (χ4n) is 2.05. The molecule has 0 heterocycles. The van der Waals surface area contributed by atoms with Crippen LogP contribution in [0, 0.1) is 0 Å². The lowest BCUT2D eigenvalue weighted by Gasteiger charge is -2.15. The zero-order valence-electron chi connectivity index (χ0n) is 14.7. The molecule has 1 atom stereocenters. The number of allylic oxidation sites excluding steroid dienone is 1. The fourth-order valence-corrected chi connectivity index (χ4v) is 2.93. The van der Waals surface area contributed by atoms with E-state index >= 15 is 0 Å². The van der Waals surface area contributed by atoms with Gasteiger partial charge < -0.3 is 14.3 Å². The Kier molecular flexibility index (Phi) is 9.76. The molecule has 23 heavy (non-hydrogen) atoms. The largest absolute Gasteiger partial charge is 0.377 e. The molecule has 0 amide bonds. The van der Waals surface area contributed by atoms with E-state index in [4.69, 9.17) is 9.47 Å². The van der Waals surface area contributed by atoms with E-state index in [-0.39, 0.29) is 6.10 Å². The van der Waals surface area contributed by atoms with Gasteiger partial charge in [-0.3, -0.25) is 0 Å². The van der Waals surface area contributed by atoms with Crippen LogP contribution in [0.25, 0.3) is 0 Å². The molecule has 0 saturated heterocycles. The molecule has 4 heteroatoms. The molecular formula is C19H30O3Si. The van der Waals surface area contributed by atoms with Gasteiger partial charge in [-0.25, -0.2) is 0 Å². The van der Waals surface area contributed by atoms with Crippen LogP contribution >= 0.6 is 0 Å². The number of hydrogen-bond donors (Lipinski definition) is 0. The molecule has 0 bridgehead atoms. The van der Waals surface area contributed by atoms with Crippen LogP contribution in [-0.4, -0.2) is 33.7 Å². The topological polar surface area (TPSA) is 35.5 Å². The summed E-state index contributed by atoms with van der Waals surface area (Å²) in [4.78, 5) is 10.8. The minimum Gasteiger partial charge on any atom is -0.377 e. The second-order valence-corrected chi connectivity index (χ2v) is 12.5. The highest BCUT2D eigenvalue weighted by Gasteiger charge is 2.10. The molecule has 0 aliphatic carbocycles. The molecule has 0 saturated carbocycles. The lowest BCUT2D eigenvalue weighted by atomic mass is 10.2. The lowest BCUT2D eigenvalue weighted by molar-refractivity contribution is -0.110. The molecule has 0 aliphatic rings. The van der Waals surface area contributed by atoms with Gasteiger partial charge in [0, 0.05) is 21.1 Å². The number of hydrogen-bond acceptors (Lipinski definition) is 3. The minimum absolute atomic E-state index is 0.0557. The van der Waals surface area contributed by atoms with Crippen LogP contribution in [0.2, 0.25) is 25.7 Å². The van der Waals surface area contributed by atoms with Crippen molar-refractivity contribution in [2.75, 3.05) is 13.2 Å². The van der Waals surface area contributed by atoms with Gasteiger partial charge in [-0.15, -0.1) is 0 Å². The van der Waals surface area contributed by atoms with E-state index in [0.29, 0.717) is 26.2 Å². The Bertz CT molecular complexity index is 451. The number of benzene rings is 1. The van der Waals surface area contributed by atoms with Crippen molar-refractivity contribution in [2.45, 2.75) is 51.2 Å². The highest BCUT2D eigenvalue weighted by molar-refractivity contribution is 6.76. The summed E-state index contributed by atoms with van der Waals surface area (Å²) in [6, 6.07) is 11.3. The number of aldehydes is 1. The quantitative estimate of drug-likeness (QED) is 0.245. The molecule has 1 aromatic rings. The summed E-state index contributed by atoms with van der Waals surface area (Å²) in [7, 11) is -1.03. The molecule has 1 unspecified atom stereocenters. The van der Waals surface area contributed by atoms with Crippen molar-refractivity contribution in [1.29, 1.82) is 0 Å². The molecule has 0 aliphatic heterocycles. The summed E-state index contributed by atoms with van der Waals surface area (Å²) in [5.41, 5.74) is 1.16. The molecule has 1 rings (SSSR count). The number of ether oxygens (including phenoxy) is 2. The van der Waals surface area contributed by atoms with Crippen molar-refractivity contribution < 1.29 is 14.3 Å². The molecule has 1 aromatic carbocycles. The van der Waals surface area contributed by atoms with Crippen molar-refractivity contribution >= 4 is 14.4 Å². The van der Waals surface area contributed by atoms with E-state index in [2.05, 4.69) is 31.8 Å². The van der Waals surface area contributed by atoms with Crippen LogP contribution < -0.4 is 0 Å². The summed E-state index contributed by atoms with van der Waals surface area (Å²) in [6.07, 6.45) is 6.31. The second-order valence-electron chi connectivity index (χ2n) is 6.92. The van der Waals surface area contributed by atoms with E-state index in [9.17, 15) is 4.79 Å². The summed E-state index contributed by atoms with van der Waals surface area (Å²) in [6.45, 7) is 8.81. The first-order valence-electron chi connectivity index (χ1n) is 8.33. The SMILES string of the molecule is C[Si](C)(C)C/C=C\COC(CC=O)CCOCc1ccccc1. The van der Waals surface area contributed by atoms with Gasteiger partial charge in [0.2, 0.25) is 0 Å². The summed E-state index contributed by atoms with van der Waals surface area (Å²) in [5, 5.41) is 0. The Balaban J connectivity index is 2.20. The Labute approximate surface area is 141 Å². The van der Waals surface area contributed by atoms with Crippen molar-refractivity contribution in [2.24, 2.45) is 0 Å². The molecule has 0 N–H and O–H groups in total. The van der Waals surface area contributed by atoms with E-state index in [0.717, 1.165) is 24.3 Å². The van der Waals surface area contributed by atoms with Crippen LogP contribution in [0.3, 0.4) is 0 Å². The zero-order chi connectivity index (χ0) is 17.0. The smallest absolute Gasteiger partial charge is 0.122 e. The number of rotatable bonds is 12. The highest BCUT2D eigenvalue weighted by atomic mass is 28.3.